The fraction of sp³-hybridized carbons (Fsp3) is 0.591. The lowest BCUT2D eigenvalue weighted by molar-refractivity contribution is -0.140. The number of amides is 2. The predicted molar refractivity (Wildman–Crippen MR) is 130 cm³/mol. The lowest BCUT2D eigenvalue weighted by Crippen LogP contribution is -2.54. The van der Waals surface area contributed by atoms with Crippen molar-refractivity contribution < 1.29 is 18.0 Å². The molecular weight excluding hydrogens is 466 g/mol. The topological polar surface area (TPSA) is 145 Å². The van der Waals surface area contributed by atoms with Gasteiger partial charge in [-0.3, -0.25) is 15.0 Å². The molecule has 9 nitrogen and oxygen atoms in total. The van der Waals surface area contributed by atoms with Gasteiger partial charge in [-0.15, -0.1) is 12.4 Å². The van der Waals surface area contributed by atoms with Gasteiger partial charge >= 0.3 is 0 Å². The molecule has 1 aromatic carbocycles. The lowest BCUT2D eigenvalue weighted by Gasteiger charge is -2.29. The SMILES string of the molecule is CC(C)CC(NS(=O)(=O)C1CC1)C(=O)N1CCC[C@H]1C(=O)NCc1ccc(C(=N)N)cc1.Cl. The second kappa shape index (κ2) is 11.3. The number of nitrogens with one attached hydrogen (secondary N) is 3. The first-order valence-corrected chi connectivity index (χ1v) is 12.7. The number of rotatable bonds is 10. The van der Waals surface area contributed by atoms with Gasteiger partial charge in [-0.05, 0) is 43.6 Å². The maximum atomic E-state index is 13.3. The zero-order valence-electron chi connectivity index (χ0n) is 19.0. The van der Waals surface area contributed by atoms with E-state index in [1.54, 1.807) is 24.3 Å². The molecule has 5 N–H and O–H groups in total. The Kier molecular flexibility index (Phi) is 9.28. The fourth-order valence-electron chi connectivity index (χ4n) is 3.96. The van der Waals surface area contributed by atoms with E-state index in [0.29, 0.717) is 50.8 Å². The Morgan fingerprint density at radius 3 is 2.36 bits per heavy atom. The minimum Gasteiger partial charge on any atom is -0.384 e. The van der Waals surface area contributed by atoms with Crippen LogP contribution in [0.5, 0.6) is 0 Å². The number of benzene rings is 1. The second-order valence-electron chi connectivity index (χ2n) is 9.06. The Hall–Kier alpha value is -2.17. The molecule has 184 valence electrons. The lowest BCUT2D eigenvalue weighted by atomic mass is 10.0. The summed E-state index contributed by atoms with van der Waals surface area (Å²) < 4.78 is 27.5. The summed E-state index contributed by atoms with van der Waals surface area (Å²) in [6.07, 6.45) is 2.88. The molecule has 1 heterocycles. The highest BCUT2D eigenvalue weighted by molar-refractivity contribution is 7.90. The average Bonchev–Trinajstić information content (AvgIpc) is 3.49. The molecule has 11 heteroatoms. The highest BCUT2D eigenvalue weighted by atomic mass is 35.5. The summed E-state index contributed by atoms with van der Waals surface area (Å²) in [6.45, 7) is 4.61. The van der Waals surface area contributed by atoms with Gasteiger partial charge in [0.25, 0.3) is 0 Å². The first-order chi connectivity index (χ1) is 15.1. The smallest absolute Gasteiger partial charge is 0.243 e. The molecule has 0 aromatic heterocycles. The van der Waals surface area contributed by atoms with Gasteiger partial charge in [0, 0.05) is 18.7 Å². The van der Waals surface area contributed by atoms with Crippen LogP contribution in [0.15, 0.2) is 24.3 Å². The molecule has 0 spiro atoms. The van der Waals surface area contributed by atoms with Gasteiger partial charge in [-0.2, -0.15) is 0 Å². The molecule has 3 rings (SSSR count). The van der Waals surface area contributed by atoms with Crippen LogP contribution in [-0.2, 0) is 26.2 Å². The van der Waals surface area contributed by atoms with Gasteiger partial charge in [-0.25, -0.2) is 13.1 Å². The van der Waals surface area contributed by atoms with Crippen molar-refractivity contribution >= 4 is 40.1 Å². The number of carbonyl (C=O) groups excluding carboxylic acids is 2. The molecule has 0 radical (unpaired) electrons. The number of carbonyl (C=O) groups is 2. The van der Waals surface area contributed by atoms with Crippen molar-refractivity contribution in [3.8, 4) is 0 Å². The van der Waals surface area contributed by atoms with Crippen LogP contribution in [0.25, 0.3) is 0 Å². The van der Waals surface area contributed by atoms with E-state index in [1.807, 2.05) is 13.8 Å². The quantitative estimate of drug-likeness (QED) is 0.284. The van der Waals surface area contributed by atoms with E-state index in [2.05, 4.69) is 10.0 Å². The normalized spacial score (nSPS) is 19.1. The van der Waals surface area contributed by atoms with E-state index in [0.717, 1.165) is 5.56 Å². The summed E-state index contributed by atoms with van der Waals surface area (Å²) in [5.74, 6) is -0.473. The third-order valence-corrected chi connectivity index (χ3v) is 7.81. The second-order valence-corrected chi connectivity index (χ2v) is 11.1. The Morgan fingerprint density at radius 1 is 1.18 bits per heavy atom. The summed E-state index contributed by atoms with van der Waals surface area (Å²) in [7, 11) is -3.52. The molecule has 1 aromatic rings. The standard InChI is InChI=1S/C22H33N5O4S.ClH/c1-14(2)12-18(26-32(30,31)17-9-10-17)22(29)27-11-3-4-19(27)21(28)25-13-15-5-7-16(8-6-15)20(23)24;/h5-8,14,17-19,26H,3-4,9-13H2,1-2H3,(H3,23,24)(H,25,28);1H/t18?,19-;/m0./s1. The molecule has 2 aliphatic rings. The van der Waals surface area contributed by atoms with Crippen LogP contribution < -0.4 is 15.8 Å². The first-order valence-electron chi connectivity index (χ1n) is 11.1. The van der Waals surface area contributed by atoms with Crippen molar-refractivity contribution in [3.05, 3.63) is 35.4 Å². The van der Waals surface area contributed by atoms with E-state index in [-0.39, 0.29) is 36.0 Å². The summed E-state index contributed by atoms with van der Waals surface area (Å²) in [6, 6.07) is 5.56. The summed E-state index contributed by atoms with van der Waals surface area (Å²) in [4.78, 5) is 27.7. The van der Waals surface area contributed by atoms with E-state index >= 15 is 0 Å². The summed E-state index contributed by atoms with van der Waals surface area (Å²) in [5.41, 5.74) is 6.92. The van der Waals surface area contributed by atoms with Crippen LogP contribution in [0.1, 0.15) is 57.1 Å². The number of hydrogen-bond acceptors (Lipinski definition) is 5. The van der Waals surface area contributed by atoms with Gasteiger partial charge in [0.05, 0.1) is 5.25 Å². The molecule has 2 amide bonds. The highest BCUT2D eigenvalue weighted by Gasteiger charge is 2.42. The van der Waals surface area contributed by atoms with Crippen molar-refractivity contribution in [2.75, 3.05) is 6.54 Å². The number of likely N-dealkylation sites (tertiary alicyclic amines) is 1. The molecule has 0 bridgehead atoms. The Bertz CT molecular complexity index is 964. The third-order valence-electron chi connectivity index (χ3n) is 5.85. The van der Waals surface area contributed by atoms with Crippen molar-refractivity contribution in [1.82, 2.24) is 14.9 Å². The summed E-state index contributed by atoms with van der Waals surface area (Å²) >= 11 is 0. The van der Waals surface area contributed by atoms with Crippen molar-refractivity contribution in [1.29, 1.82) is 5.41 Å². The van der Waals surface area contributed by atoms with Crippen molar-refractivity contribution in [3.63, 3.8) is 0 Å². The number of nitrogens with zero attached hydrogens (tertiary/aromatic N) is 1. The minimum atomic E-state index is -3.52. The predicted octanol–water partition coefficient (Wildman–Crippen LogP) is 1.50. The van der Waals surface area contributed by atoms with Crippen LogP contribution in [0.4, 0.5) is 0 Å². The molecule has 1 aliphatic heterocycles. The highest BCUT2D eigenvalue weighted by Crippen LogP contribution is 2.29. The van der Waals surface area contributed by atoms with Crippen LogP contribution >= 0.6 is 12.4 Å². The average molecular weight is 500 g/mol. The maximum absolute atomic E-state index is 13.3. The number of sulfonamides is 1. The zero-order chi connectivity index (χ0) is 23.5. The first kappa shape index (κ1) is 27.1. The zero-order valence-corrected chi connectivity index (χ0v) is 20.7. The van der Waals surface area contributed by atoms with Crippen LogP contribution in [-0.4, -0.2) is 54.8 Å². The Labute approximate surface area is 201 Å². The minimum absolute atomic E-state index is 0. The molecule has 33 heavy (non-hydrogen) atoms. The molecule has 1 aliphatic carbocycles. The number of amidine groups is 1. The summed E-state index contributed by atoms with van der Waals surface area (Å²) in [5, 5.41) is 9.91. The van der Waals surface area contributed by atoms with Gasteiger partial charge in [0.2, 0.25) is 21.8 Å². The molecular formula is C22H34ClN5O4S. The molecule has 1 saturated carbocycles. The number of halogens is 1. The maximum Gasteiger partial charge on any atom is 0.243 e. The van der Waals surface area contributed by atoms with E-state index in [1.165, 1.54) is 4.90 Å². The van der Waals surface area contributed by atoms with Gasteiger partial charge in [0.1, 0.15) is 17.9 Å². The largest absolute Gasteiger partial charge is 0.384 e. The number of hydrogen-bond donors (Lipinski definition) is 4. The van der Waals surface area contributed by atoms with Crippen LogP contribution in [0.2, 0.25) is 0 Å². The van der Waals surface area contributed by atoms with Crippen LogP contribution in [0, 0.1) is 11.3 Å². The molecule has 1 saturated heterocycles. The van der Waals surface area contributed by atoms with Crippen molar-refractivity contribution in [2.45, 2.75) is 69.8 Å². The van der Waals surface area contributed by atoms with Gasteiger partial charge in [-0.1, -0.05) is 38.1 Å². The molecule has 1 unspecified atom stereocenters. The van der Waals surface area contributed by atoms with Crippen molar-refractivity contribution in [2.24, 2.45) is 11.7 Å². The third kappa shape index (κ3) is 7.15. The number of nitrogens with two attached hydrogens (primary N) is 1. The van der Waals surface area contributed by atoms with Gasteiger partial charge < -0.3 is 16.0 Å². The molecule has 2 fully saturated rings. The van der Waals surface area contributed by atoms with Gasteiger partial charge in [0.15, 0.2) is 0 Å². The Balaban J connectivity index is 0.00000385. The van der Waals surface area contributed by atoms with Crippen LogP contribution in [0.3, 0.4) is 0 Å². The monoisotopic (exact) mass is 499 g/mol. The fourth-order valence-corrected chi connectivity index (χ4v) is 5.50. The van der Waals surface area contributed by atoms with E-state index in [4.69, 9.17) is 11.1 Å². The number of nitrogen functional groups attached to an aromatic ring is 1. The Morgan fingerprint density at radius 2 is 1.82 bits per heavy atom. The van der Waals surface area contributed by atoms with E-state index < -0.39 is 27.4 Å². The van der Waals surface area contributed by atoms with E-state index in [9.17, 15) is 18.0 Å². The molecule has 2 atom stereocenters.